The summed E-state index contributed by atoms with van der Waals surface area (Å²) in [5, 5.41) is 10.1. The predicted molar refractivity (Wildman–Crippen MR) is 70.3 cm³/mol. The van der Waals surface area contributed by atoms with Crippen LogP contribution in [0.1, 0.15) is 17.2 Å². The highest BCUT2D eigenvalue weighted by Crippen LogP contribution is 2.25. The van der Waals surface area contributed by atoms with Crippen molar-refractivity contribution in [2.45, 2.75) is 12.5 Å². The second kappa shape index (κ2) is 5.67. The Labute approximate surface area is 110 Å². The first-order valence-electron chi connectivity index (χ1n) is 5.82. The monoisotopic (exact) mass is 262 g/mol. The molecule has 19 heavy (non-hydrogen) atoms. The lowest BCUT2D eigenvalue weighted by molar-refractivity contribution is 0.178. The van der Waals surface area contributed by atoms with Crippen molar-refractivity contribution in [3.63, 3.8) is 0 Å². The van der Waals surface area contributed by atoms with E-state index in [1.165, 1.54) is 25.3 Å². The third-order valence-electron chi connectivity index (χ3n) is 2.83. The molecular formula is C14H15FN2O2. The van der Waals surface area contributed by atoms with Crippen LogP contribution in [0.5, 0.6) is 5.75 Å². The summed E-state index contributed by atoms with van der Waals surface area (Å²) in [5.74, 6) is 0.0683. The summed E-state index contributed by atoms with van der Waals surface area (Å²) in [6, 6.07) is 7.78. The van der Waals surface area contributed by atoms with Gasteiger partial charge in [-0.1, -0.05) is 6.07 Å². The van der Waals surface area contributed by atoms with Gasteiger partial charge in [0, 0.05) is 12.6 Å². The van der Waals surface area contributed by atoms with E-state index in [-0.39, 0.29) is 5.75 Å². The first-order chi connectivity index (χ1) is 9.10. The van der Waals surface area contributed by atoms with Gasteiger partial charge < -0.3 is 15.6 Å². The maximum atomic E-state index is 13.3. The molecule has 4 nitrogen and oxygen atoms in total. The van der Waals surface area contributed by atoms with Crippen LogP contribution in [0.4, 0.5) is 10.2 Å². The van der Waals surface area contributed by atoms with Gasteiger partial charge >= 0.3 is 0 Å². The second-order valence-electron chi connectivity index (χ2n) is 4.20. The summed E-state index contributed by atoms with van der Waals surface area (Å²) >= 11 is 0. The zero-order valence-electron chi connectivity index (χ0n) is 10.5. The molecule has 0 bridgehead atoms. The van der Waals surface area contributed by atoms with Crippen molar-refractivity contribution in [1.82, 2.24) is 4.98 Å². The number of aliphatic hydroxyl groups excluding tert-OH is 1. The number of aliphatic hydroxyl groups is 1. The number of pyridine rings is 1. The molecule has 100 valence electrons. The summed E-state index contributed by atoms with van der Waals surface area (Å²) in [6.07, 6.45) is 1.21. The molecule has 1 aromatic heterocycles. The normalized spacial score (nSPS) is 12.2. The molecule has 0 saturated carbocycles. The van der Waals surface area contributed by atoms with Gasteiger partial charge in [0.15, 0.2) is 11.6 Å². The fourth-order valence-corrected chi connectivity index (χ4v) is 1.85. The van der Waals surface area contributed by atoms with Crippen molar-refractivity contribution in [2.24, 2.45) is 0 Å². The fourth-order valence-electron chi connectivity index (χ4n) is 1.85. The first kappa shape index (κ1) is 13.3. The maximum absolute atomic E-state index is 13.3. The lowest BCUT2D eigenvalue weighted by Gasteiger charge is -2.13. The second-order valence-corrected chi connectivity index (χ2v) is 4.20. The van der Waals surface area contributed by atoms with Crippen molar-refractivity contribution < 1.29 is 14.2 Å². The van der Waals surface area contributed by atoms with E-state index >= 15 is 0 Å². The molecule has 1 unspecified atom stereocenters. The molecule has 0 aliphatic heterocycles. The fraction of sp³-hybridized carbons (Fsp3) is 0.214. The molecule has 5 heteroatoms. The Kier molecular flexibility index (Phi) is 3.97. The number of nitrogens with zero attached hydrogens (tertiary/aromatic N) is 1. The van der Waals surface area contributed by atoms with Crippen LogP contribution in [0.25, 0.3) is 0 Å². The number of nitrogens with two attached hydrogens (primary N) is 1. The lowest BCUT2D eigenvalue weighted by atomic mass is 10.0. The van der Waals surface area contributed by atoms with Gasteiger partial charge in [0.2, 0.25) is 0 Å². The molecule has 2 aromatic rings. The van der Waals surface area contributed by atoms with Crippen LogP contribution < -0.4 is 10.5 Å². The molecular weight excluding hydrogens is 247 g/mol. The lowest BCUT2D eigenvalue weighted by Crippen LogP contribution is -2.03. The van der Waals surface area contributed by atoms with E-state index < -0.39 is 11.9 Å². The average Bonchev–Trinajstić information content (AvgIpc) is 2.39. The third-order valence-corrected chi connectivity index (χ3v) is 2.83. The van der Waals surface area contributed by atoms with Gasteiger partial charge in [-0.05, 0) is 35.4 Å². The molecule has 0 fully saturated rings. The summed E-state index contributed by atoms with van der Waals surface area (Å²) in [6.45, 7) is 0. The number of nitrogen functional groups attached to an aromatic ring is 1. The van der Waals surface area contributed by atoms with Crippen LogP contribution in [0, 0.1) is 5.82 Å². The van der Waals surface area contributed by atoms with Crippen LogP contribution in [0.15, 0.2) is 36.5 Å². The van der Waals surface area contributed by atoms with Crippen LogP contribution >= 0.6 is 0 Å². The molecule has 0 saturated heterocycles. The van der Waals surface area contributed by atoms with Crippen molar-refractivity contribution in [2.75, 3.05) is 12.8 Å². The summed E-state index contributed by atoms with van der Waals surface area (Å²) < 4.78 is 18.2. The summed E-state index contributed by atoms with van der Waals surface area (Å²) in [7, 11) is 1.39. The molecule has 0 amide bonds. The predicted octanol–water partition coefficient (Wildman–Crippen LogP) is 2.09. The standard InChI is InChI=1S/C14H15FN2O2/c1-19-13-8-10(2-3-11(13)15)12(18)6-9-4-5-17-14(16)7-9/h2-5,7-8,12,18H,6H2,1H3,(H2,16,17). The zero-order valence-corrected chi connectivity index (χ0v) is 10.5. The molecule has 2 rings (SSSR count). The average molecular weight is 262 g/mol. The van der Waals surface area contributed by atoms with Crippen LogP contribution in [0.3, 0.4) is 0 Å². The van der Waals surface area contributed by atoms with E-state index in [1.54, 1.807) is 18.3 Å². The van der Waals surface area contributed by atoms with E-state index in [0.29, 0.717) is 17.8 Å². The Morgan fingerprint density at radius 1 is 1.37 bits per heavy atom. The number of anilines is 1. The van der Waals surface area contributed by atoms with E-state index in [1.807, 2.05) is 0 Å². The van der Waals surface area contributed by atoms with E-state index in [4.69, 9.17) is 10.5 Å². The number of hydrogen-bond donors (Lipinski definition) is 2. The van der Waals surface area contributed by atoms with Gasteiger partial charge in [-0.25, -0.2) is 9.37 Å². The highest BCUT2D eigenvalue weighted by Gasteiger charge is 2.12. The first-order valence-corrected chi connectivity index (χ1v) is 5.82. The number of hydrogen-bond acceptors (Lipinski definition) is 4. The third kappa shape index (κ3) is 3.20. The molecule has 3 N–H and O–H groups in total. The number of methoxy groups -OCH3 is 1. The SMILES string of the molecule is COc1cc(C(O)Cc2ccnc(N)c2)ccc1F. The Balaban J connectivity index is 2.18. The summed E-state index contributed by atoms with van der Waals surface area (Å²) in [4.78, 5) is 3.89. The van der Waals surface area contributed by atoms with Crippen LogP contribution in [-0.4, -0.2) is 17.2 Å². The van der Waals surface area contributed by atoms with E-state index in [9.17, 15) is 9.50 Å². The highest BCUT2D eigenvalue weighted by molar-refractivity contribution is 5.35. The van der Waals surface area contributed by atoms with Crippen molar-refractivity contribution in [1.29, 1.82) is 0 Å². The molecule has 0 radical (unpaired) electrons. The Morgan fingerprint density at radius 3 is 2.84 bits per heavy atom. The smallest absolute Gasteiger partial charge is 0.165 e. The molecule has 0 aliphatic rings. The minimum Gasteiger partial charge on any atom is -0.494 e. The van der Waals surface area contributed by atoms with Gasteiger partial charge in [0.1, 0.15) is 5.82 Å². The van der Waals surface area contributed by atoms with Gasteiger partial charge in [0.25, 0.3) is 0 Å². The molecule has 1 atom stereocenters. The van der Waals surface area contributed by atoms with Crippen molar-refractivity contribution in [3.8, 4) is 5.75 Å². The number of rotatable bonds is 4. The Hall–Kier alpha value is -2.14. The van der Waals surface area contributed by atoms with Crippen molar-refractivity contribution >= 4 is 5.82 Å². The Bertz CT molecular complexity index is 575. The minimum atomic E-state index is -0.753. The summed E-state index contributed by atoms with van der Waals surface area (Å²) in [5.41, 5.74) is 7.03. The van der Waals surface area contributed by atoms with Gasteiger partial charge in [0.05, 0.1) is 13.2 Å². The Morgan fingerprint density at radius 2 is 2.16 bits per heavy atom. The number of benzene rings is 1. The number of ether oxygens (including phenoxy) is 1. The zero-order chi connectivity index (χ0) is 13.8. The largest absolute Gasteiger partial charge is 0.494 e. The molecule has 0 aliphatic carbocycles. The van der Waals surface area contributed by atoms with Gasteiger partial charge in [-0.3, -0.25) is 0 Å². The number of halogens is 1. The topological polar surface area (TPSA) is 68.4 Å². The molecule has 1 aromatic carbocycles. The minimum absolute atomic E-state index is 0.116. The molecule has 0 spiro atoms. The number of aromatic nitrogens is 1. The van der Waals surface area contributed by atoms with Crippen LogP contribution in [-0.2, 0) is 6.42 Å². The van der Waals surface area contributed by atoms with Crippen molar-refractivity contribution in [3.05, 3.63) is 53.5 Å². The van der Waals surface area contributed by atoms with Gasteiger partial charge in [-0.15, -0.1) is 0 Å². The van der Waals surface area contributed by atoms with E-state index in [0.717, 1.165) is 5.56 Å². The quantitative estimate of drug-likeness (QED) is 0.885. The molecule has 1 heterocycles. The highest BCUT2D eigenvalue weighted by atomic mass is 19.1. The maximum Gasteiger partial charge on any atom is 0.165 e. The van der Waals surface area contributed by atoms with E-state index in [2.05, 4.69) is 4.98 Å². The van der Waals surface area contributed by atoms with Gasteiger partial charge in [-0.2, -0.15) is 0 Å². The van der Waals surface area contributed by atoms with Crippen LogP contribution in [0.2, 0.25) is 0 Å².